The van der Waals surface area contributed by atoms with Crippen LogP contribution in [0.25, 0.3) is 0 Å². The van der Waals surface area contributed by atoms with Gasteiger partial charge < -0.3 is 4.90 Å². The molecule has 1 aromatic rings. The Balaban J connectivity index is 2.79. The maximum Gasteiger partial charge on any atom is 0.243 e. The third-order valence-electron chi connectivity index (χ3n) is 3.01. The fraction of sp³-hybridized carbons (Fsp3) is 0.615. The molecule has 1 rings (SSSR count). The Labute approximate surface area is 126 Å². The van der Waals surface area contributed by atoms with Crippen LogP contribution in [0.5, 0.6) is 0 Å². The summed E-state index contributed by atoms with van der Waals surface area (Å²) >= 11 is 5.90. The van der Waals surface area contributed by atoms with Gasteiger partial charge in [0.25, 0.3) is 0 Å². The van der Waals surface area contributed by atoms with E-state index in [0.29, 0.717) is 12.5 Å². The van der Waals surface area contributed by atoms with Crippen molar-refractivity contribution in [1.82, 2.24) is 14.6 Å². The maximum atomic E-state index is 12.2. The molecule has 1 aromatic heterocycles. The highest BCUT2D eigenvalue weighted by atomic mass is 35.5. The topological polar surface area (TPSA) is 62.3 Å². The van der Waals surface area contributed by atoms with Crippen molar-refractivity contribution in [3.63, 3.8) is 0 Å². The van der Waals surface area contributed by atoms with Gasteiger partial charge in [-0.3, -0.25) is 4.98 Å². The van der Waals surface area contributed by atoms with Gasteiger partial charge in [0.1, 0.15) is 4.90 Å². The first kappa shape index (κ1) is 17.4. The van der Waals surface area contributed by atoms with Gasteiger partial charge in [0.15, 0.2) is 0 Å². The lowest BCUT2D eigenvalue weighted by Crippen LogP contribution is -2.41. The van der Waals surface area contributed by atoms with Crippen molar-refractivity contribution in [1.29, 1.82) is 0 Å². The van der Waals surface area contributed by atoms with Gasteiger partial charge in [0.05, 0.1) is 5.02 Å². The summed E-state index contributed by atoms with van der Waals surface area (Å²) < 4.78 is 27.0. The number of halogens is 1. The van der Waals surface area contributed by atoms with Crippen molar-refractivity contribution in [3.05, 3.63) is 23.5 Å². The number of likely N-dealkylation sites (N-methyl/N-ethyl adjacent to an activating group) is 1. The minimum atomic E-state index is -3.63. The lowest BCUT2D eigenvalue weighted by Gasteiger charge is -2.26. The average Bonchev–Trinajstić information content (AvgIpc) is 2.34. The van der Waals surface area contributed by atoms with Gasteiger partial charge in [0.2, 0.25) is 10.0 Å². The van der Waals surface area contributed by atoms with E-state index in [1.807, 2.05) is 19.0 Å². The van der Waals surface area contributed by atoms with Crippen LogP contribution in [0.3, 0.4) is 0 Å². The standard InChI is InChI=1S/C13H22ClN3O2S/c1-10(2)7-11(17(3)4)8-16-20(18,19)13-9-15-6-5-12(13)14/h5-6,9-11,16H,7-8H2,1-4H3. The third-order valence-corrected chi connectivity index (χ3v) is 4.90. The Kier molecular flexibility index (Phi) is 6.39. The first-order valence-electron chi connectivity index (χ1n) is 6.49. The van der Waals surface area contributed by atoms with Crippen LogP contribution < -0.4 is 4.72 Å². The third kappa shape index (κ3) is 5.01. The number of rotatable bonds is 7. The van der Waals surface area contributed by atoms with Crippen LogP contribution in [0.4, 0.5) is 0 Å². The Morgan fingerprint density at radius 1 is 1.40 bits per heavy atom. The Morgan fingerprint density at radius 3 is 2.55 bits per heavy atom. The van der Waals surface area contributed by atoms with E-state index in [2.05, 4.69) is 23.6 Å². The molecule has 1 N–H and O–H groups in total. The van der Waals surface area contributed by atoms with E-state index in [4.69, 9.17) is 11.6 Å². The first-order chi connectivity index (χ1) is 9.24. The molecule has 5 nitrogen and oxygen atoms in total. The number of nitrogens with zero attached hydrogens (tertiary/aromatic N) is 2. The van der Waals surface area contributed by atoms with Crippen LogP contribution in [-0.2, 0) is 10.0 Å². The highest BCUT2D eigenvalue weighted by Crippen LogP contribution is 2.19. The van der Waals surface area contributed by atoms with Gasteiger partial charge in [0, 0.05) is 25.0 Å². The molecule has 20 heavy (non-hydrogen) atoms. The Morgan fingerprint density at radius 2 is 2.05 bits per heavy atom. The minimum Gasteiger partial charge on any atom is -0.305 e. The molecule has 1 heterocycles. The number of hydrogen-bond donors (Lipinski definition) is 1. The van der Waals surface area contributed by atoms with E-state index in [9.17, 15) is 8.42 Å². The zero-order valence-electron chi connectivity index (χ0n) is 12.3. The van der Waals surface area contributed by atoms with Crippen molar-refractivity contribution in [2.24, 2.45) is 5.92 Å². The van der Waals surface area contributed by atoms with E-state index in [-0.39, 0.29) is 16.0 Å². The molecular weight excluding hydrogens is 298 g/mol. The Bertz CT molecular complexity index is 532. The molecule has 0 saturated heterocycles. The average molecular weight is 320 g/mol. The van der Waals surface area contributed by atoms with E-state index in [1.54, 1.807) is 0 Å². The molecule has 0 amide bonds. The Hall–Kier alpha value is -0.690. The molecule has 0 spiro atoms. The highest BCUT2D eigenvalue weighted by molar-refractivity contribution is 7.89. The molecule has 0 radical (unpaired) electrons. The van der Waals surface area contributed by atoms with Crippen LogP contribution in [-0.4, -0.2) is 45.0 Å². The summed E-state index contributed by atoms with van der Waals surface area (Å²) in [7, 11) is 0.259. The van der Waals surface area contributed by atoms with Crippen molar-refractivity contribution < 1.29 is 8.42 Å². The van der Waals surface area contributed by atoms with Crippen LogP contribution in [0, 0.1) is 5.92 Å². The maximum absolute atomic E-state index is 12.2. The lowest BCUT2D eigenvalue weighted by molar-refractivity contribution is 0.255. The van der Waals surface area contributed by atoms with E-state index < -0.39 is 10.0 Å². The number of hydrogen-bond acceptors (Lipinski definition) is 4. The van der Waals surface area contributed by atoms with Crippen molar-refractivity contribution >= 4 is 21.6 Å². The summed E-state index contributed by atoms with van der Waals surface area (Å²) in [4.78, 5) is 5.85. The van der Waals surface area contributed by atoms with Crippen LogP contribution in [0.15, 0.2) is 23.4 Å². The number of sulfonamides is 1. The van der Waals surface area contributed by atoms with Gasteiger partial charge in [-0.25, -0.2) is 13.1 Å². The SMILES string of the molecule is CC(C)CC(CNS(=O)(=O)c1cnccc1Cl)N(C)C. The van der Waals surface area contributed by atoms with Crippen LogP contribution in [0.2, 0.25) is 5.02 Å². The molecule has 114 valence electrons. The fourth-order valence-corrected chi connectivity index (χ4v) is 3.37. The minimum absolute atomic E-state index is 0.0173. The van der Waals surface area contributed by atoms with Crippen molar-refractivity contribution in [2.75, 3.05) is 20.6 Å². The summed E-state index contributed by atoms with van der Waals surface area (Å²) in [5.74, 6) is 0.494. The fourth-order valence-electron chi connectivity index (χ4n) is 1.87. The zero-order chi connectivity index (χ0) is 15.3. The second kappa shape index (κ2) is 7.36. The highest BCUT2D eigenvalue weighted by Gasteiger charge is 2.21. The second-order valence-electron chi connectivity index (χ2n) is 5.40. The van der Waals surface area contributed by atoms with Crippen molar-refractivity contribution in [2.45, 2.75) is 31.2 Å². The first-order valence-corrected chi connectivity index (χ1v) is 8.35. The van der Waals surface area contributed by atoms with Crippen molar-refractivity contribution in [3.8, 4) is 0 Å². The predicted molar refractivity (Wildman–Crippen MR) is 81.4 cm³/mol. The molecule has 0 aliphatic rings. The number of pyridine rings is 1. The van der Waals surface area contributed by atoms with E-state index >= 15 is 0 Å². The van der Waals surface area contributed by atoms with Gasteiger partial charge >= 0.3 is 0 Å². The molecule has 1 atom stereocenters. The van der Waals surface area contributed by atoms with Gasteiger partial charge in [-0.2, -0.15) is 0 Å². The summed E-state index contributed by atoms with van der Waals surface area (Å²) in [5.41, 5.74) is 0. The lowest BCUT2D eigenvalue weighted by atomic mass is 10.0. The monoisotopic (exact) mass is 319 g/mol. The van der Waals surface area contributed by atoms with Gasteiger partial charge in [-0.15, -0.1) is 0 Å². The molecular formula is C13H22ClN3O2S. The number of aromatic nitrogens is 1. The van der Waals surface area contributed by atoms with Gasteiger partial charge in [-0.05, 0) is 32.5 Å². The van der Waals surface area contributed by atoms with Crippen LogP contribution in [0.1, 0.15) is 20.3 Å². The summed E-state index contributed by atoms with van der Waals surface area (Å²) in [6.07, 6.45) is 3.64. The van der Waals surface area contributed by atoms with E-state index in [1.165, 1.54) is 18.5 Å². The number of nitrogens with one attached hydrogen (secondary N) is 1. The summed E-state index contributed by atoms with van der Waals surface area (Å²) in [5, 5.41) is 0.178. The summed E-state index contributed by atoms with van der Waals surface area (Å²) in [6.45, 7) is 4.57. The van der Waals surface area contributed by atoms with E-state index in [0.717, 1.165) is 6.42 Å². The largest absolute Gasteiger partial charge is 0.305 e. The molecule has 7 heteroatoms. The molecule has 0 fully saturated rings. The molecule has 0 aliphatic heterocycles. The molecule has 0 saturated carbocycles. The smallest absolute Gasteiger partial charge is 0.243 e. The molecule has 0 aromatic carbocycles. The molecule has 0 bridgehead atoms. The predicted octanol–water partition coefficient (Wildman–Crippen LogP) is 1.99. The molecule has 0 aliphatic carbocycles. The molecule has 1 unspecified atom stereocenters. The second-order valence-corrected chi connectivity index (χ2v) is 7.55. The van der Waals surface area contributed by atoms with Crippen LogP contribution >= 0.6 is 11.6 Å². The quantitative estimate of drug-likeness (QED) is 0.835. The normalized spacial score (nSPS) is 13.9. The van der Waals surface area contributed by atoms with Gasteiger partial charge in [-0.1, -0.05) is 25.4 Å². The summed E-state index contributed by atoms with van der Waals surface area (Å²) in [6, 6.07) is 1.61. The zero-order valence-corrected chi connectivity index (χ0v) is 13.9.